The van der Waals surface area contributed by atoms with E-state index < -0.39 is 11.7 Å². The van der Waals surface area contributed by atoms with Gasteiger partial charge in [0.25, 0.3) is 5.56 Å². The molecule has 0 spiro atoms. The Morgan fingerprint density at radius 1 is 1.15 bits per heavy atom. The molecule has 9 heteroatoms. The molecule has 0 bridgehead atoms. The first-order chi connectivity index (χ1) is 15.9. The van der Waals surface area contributed by atoms with Crippen LogP contribution in [0.2, 0.25) is 5.02 Å². The largest absolute Gasteiger partial charge is 0.497 e. The van der Waals surface area contributed by atoms with Gasteiger partial charge in [-0.05, 0) is 48.0 Å². The van der Waals surface area contributed by atoms with Crippen LogP contribution in [0.3, 0.4) is 0 Å². The van der Waals surface area contributed by atoms with Crippen molar-refractivity contribution in [3.8, 4) is 5.75 Å². The standard InChI is InChI=1S/C24H19ClFN3O3S/c1-32-17-9-6-15(7-10-17)13-29-23(31)18-4-2-3-5-20(18)28-24(29)33-14-22(30)27-21-12-16(25)8-11-19(21)26/h2-12H,13-14H2,1H3,(H,27,30). The predicted octanol–water partition coefficient (Wildman–Crippen LogP) is 4.98. The number of rotatable bonds is 7. The molecule has 0 aliphatic rings. The monoisotopic (exact) mass is 483 g/mol. The lowest BCUT2D eigenvalue weighted by Gasteiger charge is -2.14. The normalized spacial score (nSPS) is 10.9. The number of carbonyl (C=O) groups excluding carboxylic acids is 1. The molecule has 3 aromatic carbocycles. The molecule has 1 amide bonds. The van der Waals surface area contributed by atoms with Gasteiger partial charge in [-0.15, -0.1) is 0 Å². The number of methoxy groups -OCH3 is 1. The zero-order valence-electron chi connectivity index (χ0n) is 17.5. The molecular weight excluding hydrogens is 465 g/mol. The lowest BCUT2D eigenvalue weighted by molar-refractivity contribution is -0.113. The number of carbonyl (C=O) groups is 1. The zero-order valence-corrected chi connectivity index (χ0v) is 19.1. The average molecular weight is 484 g/mol. The molecule has 4 aromatic rings. The molecule has 0 unspecified atom stereocenters. The van der Waals surface area contributed by atoms with E-state index in [1.54, 1.807) is 31.4 Å². The lowest BCUT2D eigenvalue weighted by Crippen LogP contribution is -2.25. The van der Waals surface area contributed by atoms with Crippen molar-refractivity contribution in [2.75, 3.05) is 18.2 Å². The number of para-hydroxylation sites is 1. The number of fused-ring (bicyclic) bond motifs is 1. The number of nitrogens with one attached hydrogen (secondary N) is 1. The molecule has 0 aliphatic heterocycles. The number of nitrogens with zero attached hydrogens (tertiary/aromatic N) is 2. The van der Waals surface area contributed by atoms with Gasteiger partial charge in [-0.3, -0.25) is 14.2 Å². The number of hydrogen-bond donors (Lipinski definition) is 1. The highest BCUT2D eigenvalue weighted by Crippen LogP contribution is 2.22. The smallest absolute Gasteiger partial charge is 0.262 e. The maximum absolute atomic E-state index is 13.9. The van der Waals surface area contributed by atoms with E-state index in [1.165, 1.54) is 22.8 Å². The Kier molecular flexibility index (Phi) is 6.96. The van der Waals surface area contributed by atoms with E-state index in [0.29, 0.717) is 26.8 Å². The van der Waals surface area contributed by atoms with Gasteiger partial charge in [0.1, 0.15) is 11.6 Å². The quantitative estimate of drug-likeness (QED) is 0.296. The van der Waals surface area contributed by atoms with Crippen LogP contribution in [0.25, 0.3) is 10.9 Å². The van der Waals surface area contributed by atoms with Gasteiger partial charge in [-0.1, -0.05) is 47.6 Å². The molecule has 0 saturated heterocycles. The SMILES string of the molecule is COc1ccc(Cn2c(SCC(=O)Nc3cc(Cl)ccc3F)nc3ccccc3c2=O)cc1. The van der Waals surface area contributed by atoms with Gasteiger partial charge < -0.3 is 10.1 Å². The van der Waals surface area contributed by atoms with Crippen molar-refractivity contribution in [2.45, 2.75) is 11.7 Å². The molecule has 0 aliphatic carbocycles. The summed E-state index contributed by atoms with van der Waals surface area (Å²) in [6.07, 6.45) is 0. The predicted molar refractivity (Wildman–Crippen MR) is 129 cm³/mol. The summed E-state index contributed by atoms with van der Waals surface area (Å²) in [5, 5.41) is 3.69. The van der Waals surface area contributed by atoms with Gasteiger partial charge >= 0.3 is 0 Å². The van der Waals surface area contributed by atoms with E-state index in [2.05, 4.69) is 10.3 Å². The van der Waals surface area contributed by atoms with Crippen LogP contribution >= 0.6 is 23.4 Å². The van der Waals surface area contributed by atoms with Crippen molar-refractivity contribution >= 4 is 45.9 Å². The average Bonchev–Trinajstić information content (AvgIpc) is 2.82. The van der Waals surface area contributed by atoms with Crippen LogP contribution in [0.1, 0.15) is 5.56 Å². The number of thioether (sulfide) groups is 1. The molecule has 4 rings (SSSR count). The second-order valence-corrected chi connectivity index (χ2v) is 8.49. The van der Waals surface area contributed by atoms with Crippen LogP contribution in [-0.2, 0) is 11.3 Å². The van der Waals surface area contributed by atoms with Crippen LogP contribution in [0.4, 0.5) is 10.1 Å². The van der Waals surface area contributed by atoms with Crippen molar-refractivity contribution in [3.63, 3.8) is 0 Å². The van der Waals surface area contributed by atoms with Crippen molar-refractivity contribution < 1.29 is 13.9 Å². The molecule has 0 radical (unpaired) electrons. The number of aromatic nitrogens is 2. The van der Waals surface area contributed by atoms with Crippen molar-refractivity contribution in [1.82, 2.24) is 9.55 Å². The van der Waals surface area contributed by atoms with E-state index in [9.17, 15) is 14.0 Å². The number of halogens is 2. The molecule has 0 saturated carbocycles. The number of hydrogen-bond acceptors (Lipinski definition) is 5. The van der Waals surface area contributed by atoms with Crippen molar-refractivity contribution in [1.29, 1.82) is 0 Å². The molecule has 1 aromatic heterocycles. The van der Waals surface area contributed by atoms with Crippen molar-refractivity contribution in [2.24, 2.45) is 0 Å². The van der Waals surface area contributed by atoms with Gasteiger partial charge in [0.2, 0.25) is 5.91 Å². The minimum atomic E-state index is -0.585. The molecule has 33 heavy (non-hydrogen) atoms. The number of anilines is 1. The van der Waals surface area contributed by atoms with Gasteiger partial charge in [0.05, 0.1) is 36.0 Å². The van der Waals surface area contributed by atoms with Gasteiger partial charge in [-0.25, -0.2) is 9.37 Å². The van der Waals surface area contributed by atoms with E-state index in [0.717, 1.165) is 17.3 Å². The van der Waals surface area contributed by atoms with Gasteiger partial charge in [0.15, 0.2) is 5.16 Å². The third-order valence-corrected chi connectivity index (χ3v) is 6.07. The van der Waals surface area contributed by atoms with E-state index >= 15 is 0 Å². The Bertz CT molecular complexity index is 1380. The Labute approximate surface area is 198 Å². The highest BCUT2D eigenvalue weighted by Gasteiger charge is 2.15. The Hall–Kier alpha value is -3.36. The van der Waals surface area contributed by atoms with Crippen LogP contribution in [0.5, 0.6) is 5.75 Å². The Balaban J connectivity index is 1.61. The van der Waals surface area contributed by atoms with Gasteiger partial charge in [0, 0.05) is 5.02 Å². The van der Waals surface area contributed by atoms with Crippen LogP contribution in [0.15, 0.2) is 76.7 Å². The maximum Gasteiger partial charge on any atom is 0.262 e. The molecule has 0 atom stereocenters. The topological polar surface area (TPSA) is 73.2 Å². The zero-order chi connectivity index (χ0) is 23.4. The summed E-state index contributed by atoms with van der Waals surface area (Å²) in [5.41, 5.74) is 1.20. The lowest BCUT2D eigenvalue weighted by atomic mass is 10.2. The summed E-state index contributed by atoms with van der Waals surface area (Å²) in [7, 11) is 1.59. The highest BCUT2D eigenvalue weighted by atomic mass is 35.5. The van der Waals surface area contributed by atoms with Crippen LogP contribution in [-0.4, -0.2) is 28.3 Å². The molecule has 168 valence electrons. The third kappa shape index (κ3) is 5.35. The minimum absolute atomic E-state index is 0.00445. The van der Waals surface area contributed by atoms with Crippen LogP contribution in [0, 0.1) is 5.82 Å². The van der Waals surface area contributed by atoms with E-state index in [4.69, 9.17) is 16.3 Å². The summed E-state index contributed by atoms with van der Waals surface area (Å²) in [6, 6.07) is 18.3. The number of benzene rings is 3. The first-order valence-electron chi connectivity index (χ1n) is 9.95. The van der Waals surface area contributed by atoms with Crippen LogP contribution < -0.4 is 15.6 Å². The summed E-state index contributed by atoms with van der Waals surface area (Å²) >= 11 is 6.98. The second-order valence-electron chi connectivity index (χ2n) is 7.11. The summed E-state index contributed by atoms with van der Waals surface area (Å²) in [4.78, 5) is 30.3. The summed E-state index contributed by atoms with van der Waals surface area (Å²) in [6.45, 7) is 0.271. The molecule has 0 fully saturated rings. The first-order valence-corrected chi connectivity index (χ1v) is 11.3. The van der Waals surface area contributed by atoms with E-state index in [1.807, 2.05) is 24.3 Å². The minimum Gasteiger partial charge on any atom is -0.497 e. The maximum atomic E-state index is 13.9. The number of ether oxygens (including phenoxy) is 1. The Morgan fingerprint density at radius 2 is 1.91 bits per heavy atom. The summed E-state index contributed by atoms with van der Waals surface area (Å²) in [5.74, 6) is -0.390. The third-order valence-electron chi connectivity index (χ3n) is 4.86. The fourth-order valence-corrected chi connectivity index (χ4v) is 4.19. The molecule has 6 nitrogen and oxygen atoms in total. The van der Waals surface area contributed by atoms with Gasteiger partial charge in [-0.2, -0.15) is 0 Å². The van der Waals surface area contributed by atoms with E-state index in [-0.39, 0.29) is 23.5 Å². The fourth-order valence-electron chi connectivity index (χ4n) is 3.22. The molecule has 1 heterocycles. The first kappa shape index (κ1) is 22.8. The number of amides is 1. The molecule has 1 N–H and O–H groups in total. The fraction of sp³-hybridized carbons (Fsp3) is 0.125. The summed E-state index contributed by atoms with van der Waals surface area (Å²) < 4.78 is 20.7. The Morgan fingerprint density at radius 3 is 2.67 bits per heavy atom. The van der Waals surface area contributed by atoms with Crippen molar-refractivity contribution in [3.05, 3.63) is 93.5 Å². The highest BCUT2D eigenvalue weighted by molar-refractivity contribution is 7.99. The second kappa shape index (κ2) is 10.1. The molecular formula is C24H19ClFN3O3S.